The molecule has 0 unspecified atom stereocenters. The van der Waals surface area contributed by atoms with E-state index in [2.05, 4.69) is 20.0 Å². The smallest absolute Gasteiger partial charge is 0.476 e. The van der Waals surface area contributed by atoms with Crippen molar-refractivity contribution in [2.75, 3.05) is 0 Å². The number of benzene rings is 2. The molecular formula is C20H12ClF3N4O4. The minimum Gasteiger partial charge on any atom is -0.476 e. The van der Waals surface area contributed by atoms with E-state index in [1.165, 1.54) is 22.9 Å². The van der Waals surface area contributed by atoms with Crippen LogP contribution in [0.5, 0.6) is 5.75 Å². The molecule has 0 spiro atoms. The Morgan fingerprint density at radius 2 is 1.84 bits per heavy atom. The molecule has 2 aromatic carbocycles. The summed E-state index contributed by atoms with van der Waals surface area (Å²) >= 11 is 5.86. The van der Waals surface area contributed by atoms with Crippen LogP contribution in [-0.2, 0) is 6.54 Å². The third-order valence-corrected chi connectivity index (χ3v) is 4.54. The minimum atomic E-state index is -4.86. The van der Waals surface area contributed by atoms with Crippen molar-refractivity contribution in [3.8, 4) is 28.6 Å². The number of rotatable bonds is 6. The van der Waals surface area contributed by atoms with Gasteiger partial charge in [-0.1, -0.05) is 41.0 Å². The number of aromatic nitrogens is 4. The van der Waals surface area contributed by atoms with Crippen LogP contribution < -0.4 is 4.74 Å². The SMILES string of the molecule is O=C(O)c1ccn(Cc2ccc(-c3noc(-c4ccc(OC(F)(F)F)c(Cl)c4)n3)cc2)n1. The molecule has 0 aliphatic rings. The second-order valence-corrected chi connectivity index (χ2v) is 6.92. The number of carboxylic acids is 1. The van der Waals surface area contributed by atoms with Crippen LogP contribution in [0, 0.1) is 0 Å². The average molecular weight is 465 g/mol. The highest BCUT2D eigenvalue weighted by atomic mass is 35.5. The van der Waals surface area contributed by atoms with Gasteiger partial charge in [0.25, 0.3) is 5.89 Å². The third kappa shape index (κ3) is 4.89. The summed E-state index contributed by atoms with van der Waals surface area (Å²) < 4.78 is 47.6. The maximum absolute atomic E-state index is 12.4. The Balaban J connectivity index is 1.48. The van der Waals surface area contributed by atoms with Crippen molar-refractivity contribution in [2.24, 2.45) is 0 Å². The van der Waals surface area contributed by atoms with Crippen molar-refractivity contribution >= 4 is 17.6 Å². The molecule has 0 aliphatic carbocycles. The number of hydrogen-bond donors (Lipinski definition) is 1. The van der Waals surface area contributed by atoms with E-state index in [-0.39, 0.29) is 22.4 Å². The monoisotopic (exact) mass is 464 g/mol. The van der Waals surface area contributed by atoms with Crippen LogP contribution in [0.15, 0.2) is 59.3 Å². The Morgan fingerprint density at radius 3 is 2.47 bits per heavy atom. The lowest BCUT2D eigenvalue weighted by Gasteiger charge is -2.10. The van der Waals surface area contributed by atoms with Gasteiger partial charge in [-0.2, -0.15) is 10.1 Å². The van der Waals surface area contributed by atoms with Crippen LogP contribution in [0.4, 0.5) is 13.2 Å². The molecule has 0 atom stereocenters. The largest absolute Gasteiger partial charge is 0.573 e. The molecule has 4 aromatic rings. The molecule has 0 fully saturated rings. The van der Waals surface area contributed by atoms with Gasteiger partial charge >= 0.3 is 12.3 Å². The van der Waals surface area contributed by atoms with Gasteiger partial charge < -0.3 is 14.4 Å². The number of hydrogen-bond acceptors (Lipinski definition) is 6. The van der Waals surface area contributed by atoms with Gasteiger partial charge in [0.1, 0.15) is 5.75 Å². The summed E-state index contributed by atoms with van der Waals surface area (Å²) in [4.78, 5) is 15.2. The Bertz CT molecular complexity index is 1270. The number of halogens is 4. The molecule has 2 aromatic heterocycles. The number of nitrogens with zero attached hydrogens (tertiary/aromatic N) is 4. The Hall–Kier alpha value is -3.86. The lowest BCUT2D eigenvalue weighted by molar-refractivity contribution is -0.274. The number of carboxylic acid groups (broad SMARTS) is 1. The van der Waals surface area contributed by atoms with Gasteiger partial charge in [0.15, 0.2) is 5.69 Å². The topological polar surface area (TPSA) is 103 Å². The summed E-state index contributed by atoms with van der Waals surface area (Å²) in [5.41, 5.74) is 1.79. The van der Waals surface area contributed by atoms with Crippen LogP contribution >= 0.6 is 11.6 Å². The lowest BCUT2D eigenvalue weighted by Crippen LogP contribution is -2.17. The fourth-order valence-electron chi connectivity index (χ4n) is 2.81. The first-order valence-electron chi connectivity index (χ1n) is 8.93. The molecule has 4 rings (SSSR count). The summed E-state index contributed by atoms with van der Waals surface area (Å²) in [6.45, 7) is 0.371. The summed E-state index contributed by atoms with van der Waals surface area (Å²) in [5.74, 6) is -1.30. The third-order valence-electron chi connectivity index (χ3n) is 4.25. The molecule has 0 amide bonds. The fraction of sp³-hybridized carbons (Fsp3) is 0.100. The molecule has 0 saturated carbocycles. The van der Waals surface area contributed by atoms with Crippen LogP contribution in [0.1, 0.15) is 16.1 Å². The van der Waals surface area contributed by atoms with E-state index < -0.39 is 18.1 Å². The quantitative estimate of drug-likeness (QED) is 0.433. The first-order chi connectivity index (χ1) is 15.2. The van der Waals surface area contributed by atoms with Crippen molar-refractivity contribution < 1.29 is 32.3 Å². The van der Waals surface area contributed by atoms with Gasteiger partial charge in [0.05, 0.1) is 11.6 Å². The molecule has 32 heavy (non-hydrogen) atoms. The van der Waals surface area contributed by atoms with E-state index in [0.717, 1.165) is 11.6 Å². The van der Waals surface area contributed by atoms with Gasteiger partial charge in [-0.05, 0) is 29.8 Å². The van der Waals surface area contributed by atoms with Crippen molar-refractivity contribution in [1.29, 1.82) is 0 Å². The maximum atomic E-state index is 12.4. The first-order valence-corrected chi connectivity index (χ1v) is 9.31. The van der Waals surface area contributed by atoms with Gasteiger partial charge in [0.2, 0.25) is 5.82 Å². The average Bonchev–Trinajstić information content (AvgIpc) is 3.39. The zero-order chi connectivity index (χ0) is 22.9. The molecule has 0 bridgehead atoms. The normalized spacial score (nSPS) is 11.5. The van der Waals surface area contributed by atoms with E-state index in [4.69, 9.17) is 21.2 Å². The number of aromatic carboxylic acids is 1. The molecule has 0 saturated heterocycles. The maximum Gasteiger partial charge on any atom is 0.573 e. The molecule has 12 heteroatoms. The zero-order valence-corrected chi connectivity index (χ0v) is 16.6. The highest BCUT2D eigenvalue weighted by molar-refractivity contribution is 6.32. The highest BCUT2D eigenvalue weighted by Crippen LogP contribution is 2.33. The van der Waals surface area contributed by atoms with Gasteiger partial charge in [-0.15, -0.1) is 13.2 Å². The number of alkyl halides is 3. The van der Waals surface area contributed by atoms with E-state index >= 15 is 0 Å². The van der Waals surface area contributed by atoms with Crippen LogP contribution in [-0.4, -0.2) is 37.4 Å². The van der Waals surface area contributed by atoms with Crippen molar-refractivity contribution in [3.63, 3.8) is 0 Å². The standard InChI is InChI=1S/C20H12ClF3N4O4/c21-14-9-13(5-6-16(14)31-20(22,23)24)18-25-17(27-32-18)12-3-1-11(2-4-12)10-28-8-7-15(26-28)19(29)30/h1-9H,10H2,(H,29,30). The van der Waals surface area contributed by atoms with Crippen LogP contribution in [0.25, 0.3) is 22.8 Å². The first kappa shape index (κ1) is 21.4. The second kappa shape index (κ2) is 8.35. The fourth-order valence-corrected chi connectivity index (χ4v) is 3.03. The molecule has 1 N–H and O–H groups in total. The Morgan fingerprint density at radius 1 is 1.12 bits per heavy atom. The second-order valence-electron chi connectivity index (χ2n) is 6.52. The lowest BCUT2D eigenvalue weighted by atomic mass is 10.1. The summed E-state index contributed by atoms with van der Waals surface area (Å²) in [5, 5.41) is 16.5. The van der Waals surface area contributed by atoms with Gasteiger partial charge in [-0.25, -0.2) is 4.79 Å². The van der Waals surface area contributed by atoms with Crippen LogP contribution in [0.2, 0.25) is 5.02 Å². The van der Waals surface area contributed by atoms with Crippen molar-refractivity contribution in [3.05, 3.63) is 71.0 Å². The predicted octanol–water partition coefficient (Wildman–Crippen LogP) is 4.90. The molecule has 2 heterocycles. The van der Waals surface area contributed by atoms with E-state index in [9.17, 15) is 18.0 Å². The summed E-state index contributed by atoms with van der Waals surface area (Å²) in [7, 11) is 0. The molecule has 0 aliphatic heterocycles. The molecule has 0 radical (unpaired) electrons. The van der Waals surface area contributed by atoms with Crippen LogP contribution in [0.3, 0.4) is 0 Å². The molecular weight excluding hydrogens is 453 g/mol. The molecule has 164 valence electrons. The summed E-state index contributed by atoms with van der Waals surface area (Å²) in [6.07, 6.45) is -3.29. The number of carbonyl (C=O) groups is 1. The zero-order valence-electron chi connectivity index (χ0n) is 15.9. The molecule has 8 nitrogen and oxygen atoms in total. The predicted molar refractivity (Wildman–Crippen MR) is 105 cm³/mol. The Kier molecular flexibility index (Phi) is 5.57. The van der Waals surface area contributed by atoms with E-state index in [1.54, 1.807) is 30.5 Å². The Labute approximate surface area is 182 Å². The van der Waals surface area contributed by atoms with E-state index in [1.807, 2.05) is 0 Å². The summed E-state index contributed by atoms with van der Waals surface area (Å²) in [6, 6.07) is 12.1. The van der Waals surface area contributed by atoms with Gasteiger partial charge in [-0.3, -0.25) is 4.68 Å². The highest BCUT2D eigenvalue weighted by Gasteiger charge is 2.32. The van der Waals surface area contributed by atoms with Crippen molar-refractivity contribution in [2.45, 2.75) is 12.9 Å². The van der Waals surface area contributed by atoms with Gasteiger partial charge in [0, 0.05) is 17.3 Å². The minimum absolute atomic E-state index is 0.0425. The van der Waals surface area contributed by atoms with E-state index in [0.29, 0.717) is 17.7 Å². The van der Waals surface area contributed by atoms with Crippen molar-refractivity contribution in [1.82, 2.24) is 19.9 Å². The number of ether oxygens (including phenoxy) is 1.